The van der Waals surface area contributed by atoms with E-state index in [1.807, 2.05) is 0 Å². The molecule has 0 fully saturated rings. The van der Waals surface area contributed by atoms with Crippen LogP contribution in [0.25, 0.3) is 32.7 Å². The van der Waals surface area contributed by atoms with Crippen molar-refractivity contribution in [1.82, 2.24) is 0 Å². The van der Waals surface area contributed by atoms with Crippen molar-refractivity contribution in [2.45, 2.75) is 9.79 Å². The minimum absolute atomic E-state index is 0. The number of rotatable bonds is 3. The molecule has 0 bridgehead atoms. The van der Waals surface area contributed by atoms with E-state index in [1.54, 1.807) is 48.5 Å². The third kappa shape index (κ3) is 5.18. The van der Waals surface area contributed by atoms with Crippen molar-refractivity contribution in [1.29, 1.82) is 0 Å². The van der Waals surface area contributed by atoms with Gasteiger partial charge in [-0.25, -0.2) is 16.8 Å². The number of hydrogen-bond acceptors (Lipinski definition) is 6. The molecule has 0 aliphatic carbocycles. The van der Waals surface area contributed by atoms with E-state index in [-0.39, 0.29) is 123 Å². The van der Waals surface area contributed by atoms with Gasteiger partial charge in [0.1, 0.15) is 20.2 Å². The van der Waals surface area contributed by atoms with Crippen molar-refractivity contribution < 1.29 is 129 Å². The van der Waals surface area contributed by atoms with Crippen molar-refractivity contribution in [3.8, 4) is 11.1 Å². The number of benzene rings is 4. The molecule has 0 aliphatic heterocycles. The van der Waals surface area contributed by atoms with Crippen LogP contribution in [0.5, 0.6) is 0 Å². The fourth-order valence-electron chi connectivity index (χ4n) is 3.47. The molecule has 10 heteroatoms. The molecule has 142 valence electrons. The van der Waals surface area contributed by atoms with Gasteiger partial charge in [0.2, 0.25) is 0 Å². The summed E-state index contributed by atoms with van der Waals surface area (Å²) in [6.07, 6.45) is 0. The zero-order valence-electron chi connectivity index (χ0n) is 16.2. The van der Waals surface area contributed by atoms with Crippen molar-refractivity contribution in [2.24, 2.45) is 0 Å². The van der Waals surface area contributed by atoms with Crippen LogP contribution in [0.15, 0.2) is 82.6 Å². The van der Waals surface area contributed by atoms with E-state index < -0.39 is 20.2 Å². The van der Waals surface area contributed by atoms with Gasteiger partial charge in [-0.05, 0) is 44.8 Å². The molecule has 0 saturated heterocycles. The first-order valence-electron chi connectivity index (χ1n) is 8.13. The summed E-state index contributed by atoms with van der Waals surface area (Å²) in [6.45, 7) is 0. The van der Waals surface area contributed by atoms with Gasteiger partial charge in [-0.15, -0.1) is 0 Å². The first-order valence-corrected chi connectivity index (χ1v) is 11.0. The van der Waals surface area contributed by atoms with Crippen LogP contribution < -0.4 is 103 Å². The van der Waals surface area contributed by atoms with Crippen molar-refractivity contribution in [2.75, 3.05) is 0 Å². The second kappa shape index (κ2) is 10.2. The summed E-state index contributed by atoms with van der Waals surface area (Å²) < 4.78 is 69.6. The minimum atomic E-state index is -4.67. The van der Waals surface area contributed by atoms with Gasteiger partial charge in [0, 0.05) is 0 Å². The second-order valence-electron chi connectivity index (χ2n) is 6.22. The van der Waals surface area contributed by atoms with Crippen molar-refractivity contribution >= 4 is 41.8 Å². The van der Waals surface area contributed by atoms with Crippen LogP contribution in [0.2, 0.25) is 0 Å². The molecule has 4 rings (SSSR count). The Balaban J connectivity index is 0.00000160. The average Bonchev–Trinajstić information content (AvgIpc) is 2.64. The Morgan fingerprint density at radius 1 is 0.467 bits per heavy atom. The van der Waals surface area contributed by atoms with E-state index in [0.717, 1.165) is 0 Å². The number of hydrogen-bond donors (Lipinski definition) is 0. The van der Waals surface area contributed by atoms with Gasteiger partial charge in [-0.3, -0.25) is 0 Å². The van der Waals surface area contributed by atoms with Gasteiger partial charge in [0.25, 0.3) is 0 Å². The van der Waals surface area contributed by atoms with Crippen LogP contribution in [0.3, 0.4) is 0 Å². The third-order valence-corrected chi connectivity index (χ3v) is 6.38. The molecule has 0 spiro atoms. The summed E-state index contributed by atoms with van der Waals surface area (Å²) in [5.41, 5.74) is 1.24. The number of fused-ring (bicyclic) bond motifs is 2. The predicted octanol–water partition coefficient (Wildman–Crippen LogP) is -2.52. The average molecular weight is 491 g/mol. The topological polar surface area (TPSA) is 114 Å². The molecule has 4 aromatic carbocycles. The Morgan fingerprint density at radius 2 is 0.767 bits per heavy atom. The van der Waals surface area contributed by atoms with Crippen LogP contribution in [0.4, 0.5) is 0 Å². The normalized spacial score (nSPS) is 11.7. The molecule has 0 unspecified atom stereocenters. The molecule has 0 radical (unpaired) electrons. The zero-order valence-corrected chi connectivity index (χ0v) is 24.1. The smallest absolute Gasteiger partial charge is 0.744 e. The van der Waals surface area contributed by atoms with Gasteiger partial charge in [-0.2, -0.15) is 0 Å². The summed E-state index contributed by atoms with van der Waals surface area (Å²) in [5, 5.41) is 1.61. The summed E-state index contributed by atoms with van der Waals surface area (Å²) >= 11 is 0. The predicted molar refractivity (Wildman–Crippen MR) is 103 cm³/mol. The molecule has 0 atom stereocenters. The third-order valence-electron chi connectivity index (χ3n) is 4.59. The molecular weight excluding hydrogens is 479 g/mol. The van der Waals surface area contributed by atoms with Gasteiger partial charge in [-0.1, -0.05) is 60.7 Å². The fraction of sp³-hybridized carbons (Fsp3) is 0. The van der Waals surface area contributed by atoms with Gasteiger partial charge < -0.3 is 9.11 Å². The molecular formula is C20H12K2O6S2. The van der Waals surface area contributed by atoms with E-state index in [0.29, 0.717) is 21.9 Å². The van der Waals surface area contributed by atoms with Gasteiger partial charge >= 0.3 is 103 Å². The monoisotopic (exact) mass is 490 g/mol. The molecule has 0 amide bonds. The van der Waals surface area contributed by atoms with Crippen molar-refractivity contribution in [3.05, 3.63) is 72.8 Å². The van der Waals surface area contributed by atoms with Gasteiger partial charge in [0.05, 0.1) is 9.79 Å². The standard InChI is InChI=1S/C20H14O6S2.2K/c21-27(22,23)19-11-3-7-15-13(5-1-9-17(15)19)14-6-2-10-18-16(14)8-4-12-20(18)28(24,25)26;;/h1-12H,(H,21,22,23)(H,24,25,26);;/q;2*+1/p-2. The summed E-state index contributed by atoms with van der Waals surface area (Å²) in [5.74, 6) is 0. The molecule has 0 heterocycles. The van der Waals surface area contributed by atoms with E-state index in [9.17, 15) is 25.9 Å². The Hall–Kier alpha value is 0.493. The Bertz CT molecular complexity index is 1350. The quantitative estimate of drug-likeness (QED) is 0.231. The Kier molecular flexibility index (Phi) is 9.08. The summed E-state index contributed by atoms with van der Waals surface area (Å²) in [6, 6.07) is 18.7. The molecule has 0 aliphatic rings. The summed E-state index contributed by atoms with van der Waals surface area (Å²) in [4.78, 5) is -0.648. The molecule has 4 aromatic rings. The second-order valence-corrected chi connectivity index (χ2v) is 8.92. The zero-order chi connectivity index (χ0) is 20.1. The first kappa shape index (κ1) is 26.7. The first-order chi connectivity index (χ1) is 13.2. The maximum atomic E-state index is 11.6. The van der Waals surface area contributed by atoms with Crippen LogP contribution >= 0.6 is 0 Å². The molecule has 30 heavy (non-hydrogen) atoms. The Labute approximate surface area is 259 Å². The molecule has 0 aromatic heterocycles. The van der Waals surface area contributed by atoms with E-state index in [1.165, 1.54) is 24.3 Å². The fourth-order valence-corrected chi connectivity index (χ4v) is 4.85. The van der Waals surface area contributed by atoms with Gasteiger partial charge in [0.15, 0.2) is 0 Å². The largest absolute Gasteiger partial charge is 1.00 e. The maximum absolute atomic E-state index is 11.6. The molecule has 0 saturated carbocycles. The summed E-state index contributed by atoms with van der Waals surface area (Å²) in [7, 11) is -9.34. The molecule has 6 nitrogen and oxygen atoms in total. The SMILES string of the molecule is O=S(=O)([O-])c1cccc2c(-c3cccc4c(S(=O)(=O)[O-])cccc34)cccc12.[K+].[K+]. The minimum Gasteiger partial charge on any atom is -0.744 e. The van der Waals surface area contributed by atoms with Crippen molar-refractivity contribution in [3.63, 3.8) is 0 Å². The molecule has 0 N–H and O–H groups in total. The van der Waals surface area contributed by atoms with E-state index >= 15 is 0 Å². The van der Waals surface area contributed by atoms with Crippen LogP contribution in [-0.2, 0) is 20.2 Å². The Morgan fingerprint density at radius 3 is 1.10 bits per heavy atom. The van der Waals surface area contributed by atoms with Crippen LogP contribution in [-0.4, -0.2) is 25.9 Å². The van der Waals surface area contributed by atoms with Crippen LogP contribution in [0, 0.1) is 0 Å². The van der Waals surface area contributed by atoms with E-state index in [4.69, 9.17) is 0 Å². The van der Waals surface area contributed by atoms with Crippen LogP contribution in [0.1, 0.15) is 0 Å². The van der Waals surface area contributed by atoms with E-state index in [2.05, 4.69) is 0 Å². The maximum Gasteiger partial charge on any atom is 1.00 e.